The van der Waals surface area contributed by atoms with Crippen LogP contribution in [-0.4, -0.2) is 16.0 Å². The highest BCUT2D eigenvalue weighted by Gasteiger charge is 2.12. The molecule has 0 amide bonds. The molecule has 0 aliphatic heterocycles. The summed E-state index contributed by atoms with van der Waals surface area (Å²) in [5, 5.41) is 11.8. The van der Waals surface area contributed by atoms with E-state index in [4.69, 9.17) is 15.7 Å². The summed E-state index contributed by atoms with van der Waals surface area (Å²) in [7, 11) is 0. The fourth-order valence-corrected chi connectivity index (χ4v) is 1.68. The van der Waals surface area contributed by atoms with Crippen molar-refractivity contribution in [3.8, 4) is 11.5 Å². The zero-order chi connectivity index (χ0) is 13.8. The largest absolute Gasteiger partial charge is 0.455 e. The summed E-state index contributed by atoms with van der Waals surface area (Å²) < 4.78 is 5.78. The topological polar surface area (TPSA) is 80.7 Å². The van der Waals surface area contributed by atoms with E-state index < -0.39 is 0 Å². The Morgan fingerprint density at radius 1 is 1.26 bits per heavy atom. The van der Waals surface area contributed by atoms with E-state index in [9.17, 15) is 0 Å². The van der Waals surface area contributed by atoms with E-state index in [-0.39, 0.29) is 5.84 Å². The fourth-order valence-electron chi connectivity index (χ4n) is 1.68. The van der Waals surface area contributed by atoms with Crippen molar-refractivity contribution in [3.05, 3.63) is 53.3 Å². The van der Waals surface area contributed by atoms with Gasteiger partial charge in [-0.05, 0) is 37.6 Å². The van der Waals surface area contributed by atoms with Crippen molar-refractivity contribution in [1.29, 1.82) is 0 Å². The highest BCUT2D eigenvalue weighted by Crippen LogP contribution is 2.28. The van der Waals surface area contributed by atoms with E-state index in [1.165, 1.54) is 0 Å². The van der Waals surface area contributed by atoms with Crippen molar-refractivity contribution < 1.29 is 9.94 Å². The van der Waals surface area contributed by atoms with Gasteiger partial charge in [0.2, 0.25) is 0 Å². The third-order valence-electron chi connectivity index (χ3n) is 2.70. The first-order valence-corrected chi connectivity index (χ1v) is 5.80. The molecule has 2 rings (SSSR count). The maximum Gasteiger partial charge on any atom is 0.173 e. The summed E-state index contributed by atoms with van der Waals surface area (Å²) in [6, 6.07) is 9.13. The SMILES string of the molecule is Cc1ccc(Oc2c(C)cccc2/C(N)=N/O)cn1. The number of nitrogens with two attached hydrogens (primary N) is 1. The van der Waals surface area contributed by atoms with Crippen LogP contribution in [0.1, 0.15) is 16.8 Å². The number of para-hydroxylation sites is 1. The molecule has 0 spiro atoms. The highest BCUT2D eigenvalue weighted by atomic mass is 16.5. The second kappa shape index (κ2) is 5.39. The summed E-state index contributed by atoms with van der Waals surface area (Å²) in [6.07, 6.45) is 1.64. The summed E-state index contributed by atoms with van der Waals surface area (Å²) in [6.45, 7) is 3.80. The monoisotopic (exact) mass is 257 g/mol. The molecule has 0 aliphatic carbocycles. The summed E-state index contributed by atoms with van der Waals surface area (Å²) in [4.78, 5) is 4.16. The predicted octanol–water partition coefficient (Wildman–Crippen LogP) is 2.59. The van der Waals surface area contributed by atoms with Crippen LogP contribution in [0.5, 0.6) is 11.5 Å². The lowest BCUT2D eigenvalue weighted by molar-refractivity contribution is 0.318. The third kappa shape index (κ3) is 2.82. The second-order valence-electron chi connectivity index (χ2n) is 4.17. The van der Waals surface area contributed by atoms with E-state index in [2.05, 4.69) is 10.1 Å². The molecule has 2 aromatic rings. The van der Waals surface area contributed by atoms with Crippen molar-refractivity contribution in [3.63, 3.8) is 0 Å². The van der Waals surface area contributed by atoms with Gasteiger partial charge in [-0.15, -0.1) is 0 Å². The standard InChI is InChI=1S/C14H15N3O2/c1-9-4-3-5-12(14(15)17-18)13(9)19-11-7-6-10(2)16-8-11/h3-8,18H,1-2H3,(H2,15,17). The van der Waals surface area contributed by atoms with E-state index in [1.807, 2.05) is 38.1 Å². The average Bonchev–Trinajstić information content (AvgIpc) is 2.42. The van der Waals surface area contributed by atoms with Crippen molar-refractivity contribution >= 4 is 5.84 Å². The van der Waals surface area contributed by atoms with Crippen molar-refractivity contribution in [2.45, 2.75) is 13.8 Å². The molecule has 5 heteroatoms. The molecule has 1 heterocycles. The average molecular weight is 257 g/mol. The van der Waals surface area contributed by atoms with Crippen LogP contribution < -0.4 is 10.5 Å². The number of benzene rings is 1. The number of pyridine rings is 1. The van der Waals surface area contributed by atoms with Crippen LogP contribution in [0.2, 0.25) is 0 Å². The van der Waals surface area contributed by atoms with Gasteiger partial charge in [-0.25, -0.2) is 0 Å². The first-order valence-electron chi connectivity index (χ1n) is 5.80. The zero-order valence-corrected chi connectivity index (χ0v) is 10.8. The van der Waals surface area contributed by atoms with E-state index >= 15 is 0 Å². The molecule has 5 nitrogen and oxygen atoms in total. The number of nitrogens with zero attached hydrogens (tertiary/aromatic N) is 2. The molecule has 0 atom stereocenters. The Kier molecular flexibility index (Phi) is 3.66. The van der Waals surface area contributed by atoms with E-state index in [1.54, 1.807) is 12.3 Å². The second-order valence-corrected chi connectivity index (χ2v) is 4.17. The Bertz CT molecular complexity index is 607. The van der Waals surface area contributed by atoms with Gasteiger partial charge in [0.25, 0.3) is 0 Å². The number of ether oxygens (including phenoxy) is 1. The smallest absolute Gasteiger partial charge is 0.173 e. The first-order chi connectivity index (χ1) is 9.11. The molecule has 1 aromatic heterocycles. The van der Waals surface area contributed by atoms with Crippen LogP contribution in [0.15, 0.2) is 41.7 Å². The van der Waals surface area contributed by atoms with Crippen LogP contribution in [0.3, 0.4) is 0 Å². The van der Waals surface area contributed by atoms with Crippen LogP contribution >= 0.6 is 0 Å². The molecule has 0 fully saturated rings. The van der Waals surface area contributed by atoms with Crippen molar-refractivity contribution in [1.82, 2.24) is 4.98 Å². The molecule has 3 N–H and O–H groups in total. The number of oxime groups is 1. The highest BCUT2D eigenvalue weighted by molar-refractivity contribution is 6.00. The minimum absolute atomic E-state index is 0.0128. The van der Waals surface area contributed by atoms with Crippen LogP contribution in [0, 0.1) is 13.8 Å². The van der Waals surface area contributed by atoms with Crippen LogP contribution in [-0.2, 0) is 0 Å². The first kappa shape index (κ1) is 12.9. The van der Waals surface area contributed by atoms with Crippen molar-refractivity contribution in [2.24, 2.45) is 10.9 Å². The zero-order valence-electron chi connectivity index (χ0n) is 10.8. The molecular weight excluding hydrogens is 242 g/mol. The van der Waals surface area contributed by atoms with E-state index in [0.29, 0.717) is 17.1 Å². The maximum absolute atomic E-state index is 8.80. The molecule has 0 unspecified atom stereocenters. The molecule has 0 bridgehead atoms. The van der Waals surface area contributed by atoms with Gasteiger partial charge in [-0.2, -0.15) is 0 Å². The predicted molar refractivity (Wildman–Crippen MR) is 72.7 cm³/mol. The van der Waals surface area contributed by atoms with Crippen molar-refractivity contribution in [2.75, 3.05) is 0 Å². The summed E-state index contributed by atoms with van der Waals surface area (Å²) in [5.41, 5.74) is 7.99. The van der Waals surface area contributed by atoms with Crippen LogP contribution in [0.25, 0.3) is 0 Å². The number of hydrogen-bond acceptors (Lipinski definition) is 4. The Morgan fingerprint density at radius 2 is 2.05 bits per heavy atom. The Balaban J connectivity index is 2.41. The quantitative estimate of drug-likeness (QED) is 0.383. The lowest BCUT2D eigenvalue weighted by atomic mass is 10.1. The number of rotatable bonds is 3. The van der Waals surface area contributed by atoms with Gasteiger partial charge >= 0.3 is 0 Å². The number of aromatic nitrogens is 1. The van der Waals surface area contributed by atoms with Gasteiger partial charge in [0.15, 0.2) is 5.84 Å². The number of amidine groups is 1. The van der Waals surface area contributed by atoms with Gasteiger partial charge < -0.3 is 15.7 Å². The molecule has 19 heavy (non-hydrogen) atoms. The minimum Gasteiger partial charge on any atom is -0.455 e. The van der Waals surface area contributed by atoms with Gasteiger partial charge in [0, 0.05) is 5.69 Å². The molecule has 0 radical (unpaired) electrons. The van der Waals surface area contributed by atoms with Gasteiger partial charge in [0.1, 0.15) is 11.5 Å². The maximum atomic E-state index is 8.80. The number of aryl methyl sites for hydroxylation is 2. The molecular formula is C14H15N3O2. The minimum atomic E-state index is 0.0128. The fraction of sp³-hybridized carbons (Fsp3) is 0.143. The lowest BCUT2D eigenvalue weighted by Crippen LogP contribution is -2.14. The Labute approximate surface area is 111 Å². The molecule has 98 valence electrons. The normalized spacial score (nSPS) is 11.4. The Morgan fingerprint density at radius 3 is 2.68 bits per heavy atom. The third-order valence-corrected chi connectivity index (χ3v) is 2.70. The Hall–Kier alpha value is -2.56. The van der Waals surface area contributed by atoms with Gasteiger partial charge in [-0.1, -0.05) is 17.3 Å². The molecule has 0 aliphatic rings. The lowest BCUT2D eigenvalue weighted by Gasteiger charge is -2.12. The molecule has 0 saturated carbocycles. The molecule has 0 saturated heterocycles. The van der Waals surface area contributed by atoms with Gasteiger partial charge in [-0.3, -0.25) is 4.98 Å². The summed E-state index contributed by atoms with van der Waals surface area (Å²) in [5.74, 6) is 1.18. The van der Waals surface area contributed by atoms with Crippen LogP contribution in [0.4, 0.5) is 0 Å². The van der Waals surface area contributed by atoms with Gasteiger partial charge in [0.05, 0.1) is 11.8 Å². The number of hydrogen-bond donors (Lipinski definition) is 2. The summed E-state index contributed by atoms with van der Waals surface area (Å²) >= 11 is 0. The molecule has 1 aromatic carbocycles. The van der Waals surface area contributed by atoms with E-state index in [0.717, 1.165) is 11.3 Å².